The number of halogens is 1. The van der Waals surface area contributed by atoms with Crippen LogP contribution in [0.15, 0.2) is 12.1 Å². The molecule has 1 fully saturated rings. The van der Waals surface area contributed by atoms with Gasteiger partial charge in [0.1, 0.15) is 0 Å². The summed E-state index contributed by atoms with van der Waals surface area (Å²) in [6, 6.07) is 3.97. The fourth-order valence-electron chi connectivity index (χ4n) is 1.83. The van der Waals surface area contributed by atoms with Crippen molar-refractivity contribution in [3.63, 3.8) is 0 Å². The first-order chi connectivity index (χ1) is 7.20. The zero-order valence-electron chi connectivity index (χ0n) is 8.63. The monoisotopic (exact) mass is 243 g/mol. The Morgan fingerprint density at radius 1 is 1.67 bits per heavy atom. The van der Waals surface area contributed by atoms with Crippen molar-refractivity contribution in [1.29, 1.82) is 0 Å². The molecule has 82 valence electrons. The molecule has 1 aromatic heterocycles. The first-order valence-corrected chi connectivity index (χ1v) is 6.36. The lowest BCUT2D eigenvalue weighted by Gasteiger charge is -2.12. The van der Waals surface area contributed by atoms with Gasteiger partial charge in [-0.25, -0.2) is 0 Å². The van der Waals surface area contributed by atoms with Crippen molar-refractivity contribution in [2.24, 2.45) is 5.92 Å². The normalized spacial score (nSPS) is 17.5. The maximum atomic E-state index is 11.4. The second-order valence-electron chi connectivity index (χ2n) is 3.96. The highest BCUT2D eigenvalue weighted by atomic mass is 35.5. The third kappa shape index (κ3) is 2.73. The number of thiophene rings is 1. The van der Waals surface area contributed by atoms with Gasteiger partial charge < -0.3 is 5.32 Å². The Balaban J connectivity index is 2.09. The number of carbonyl (C=O) groups excluding carboxylic acids is 1. The average molecular weight is 244 g/mol. The summed E-state index contributed by atoms with van der Waals surface area (Å²) in [6.07, 6.45) is 3.09. The molecule has 0 saturated heterocycles. The predicted octanol–water partition coefficient (Wildman–Crippen LogP) is 3.03. The maximum absolute atomic E-state index is 11.4. The molecule has 1 N–H and O–H groups in total. The van der Waals surface area contributed by atoms with Gasteiger partial charge in [-0.05, 0) is 30.9 Å². The first-order valence-electron chi connectivity index (χ1n) is 5.16. The minimum Gasteiger partial charge on any atom is -0.359 e. The Bertz CT molecular complexity index is 359. The molecule has 4 heteroatoms. The molecule has 0 bridgehead atoms. The van der Waals surface area contributed by atoms with E-state index in [4.69, 9.17) is 11.6 Å². The van der Waals surface area contributed by atoms with Crippen LogP contribution in [0.25, 0.3) is 0 Å². The molecule has 0 radical (unpaired) electrons. The van der Waals surface area contributed by atoms with E-state index in [0.29, 0.717) is 18.3 Å². The number of hydrogen-bond donors (Lipinski definition) is 1. The summed E-state index contributed by atoms with van der Waals surface area (Å²) in [4.78, 5) is 12.7. The standard InChI is InChI=1S/C11H14ClNOS/c1-13-11(14)6-8(7-2-3-7)9-4-5-10(12)15-9/h4-5,7-8H,2-3,6H2,1H3,(H,13,14). The molecule has 0 aliphatic heterocycles. The molecule has 0 aromatic carbocycles. The van der Waals surface area contributed by atoms with Gasteiger partial charge in [0.25, 0.3) is 0 Å². The quantitative estimate of drug-likeness (QED) is 0.866. The molecular weight excluding hydrogens is 230 g/mol. The zero-order valence-corrected chi connectivity index (χ0v) is 10.2. The summed E-state index contributed by atoms with van der Waals surface area (Å²) >= 11 is 7.52. The van der Waals surface area contributed by atoms with Crippen molar-refractivity contribution in [1.82, 2.24) is 5.32 Å². The van der Waals surface area contributed by atoms with Crippen LogP contribution < -0.4 is 5.32 Å². The van der Waals surface area contributed by atoms with E-state index in [1.807, 2.05) is 6.07 Å². The van der Waals surface area contributed by atoms with E-state index < -0.39 is 0 Å². The van der Waals surface area contributed by atoms with Crippen molar-refractivity contribution < 1.29 is 4.79 Å². The van der Waals surface area contributed by atoms with Gasteiger partial charge in [-0.1, -0.05) is 11.6 Å². The van der Waals surface area contributed by atoms with E-state index in [9.17, 15) is 4.79 Å². The van der Waals surface area contributed by atoms with Gasteiger partial charge in [-0.3, -0.25) is 4.79 Å². The SMILES string of the molecule is CNC(=O)CC(c1ccc(Cl)s1)C1CC1. The van der Waals surface area contributed by atoms with Gasteiger partial charge in [-0.2, -0.15) is 0 Å². The average Bonchev–Trinajstić information content (AvgIpc) is 2.97. The van der Waals surface area contributed by atoms with Crippen molar-refractivity contribution in [3.8, 4) is 0 Å². The van der Waals surface area contributed by atoms with Gasteiger partial charge in [0.05, 0.1) is 4.34 Å². The van der Waals surface area contributed by atoms with Crippen LogP contribution in [0.4, 0.5) is 0 Å². The van der Waals surface area contributed by atoms with Crippen molar-refractivity contribution >= 4 is 28.8 Å². The molecule has 1 unspecified atom stereocenters. The highest BCUT2D eigenvalue weighted by Crippen LogP contribution is 2.46. The molecule has 1 aromatic rings. The largest absolute Gasteiger partial charge is 0.359 e. The molecule has 1 saturated carbocycles. The molecule has 1 aliphatic rings. The van der Waals surface area contributed by atoms with Crippen LogP contribution in [-0.4, -0.2) is 13.0 Å². The van der Waals surface area contributed by atoms with Crippen LogP contribution in [0.1, 0.15) is 30.1 Å². The molecule has 2 rings (SSSR count). The van der Waals surface area contributed by atoms with E-state index >= 15 is 0 Å². The lowest BCUT2D eigenvalue weighted by molar-refractivity contribution is -0.121. The van der Waals surface area contributed by atoms with Gasteiger partial charge in [0, 0.05) is 24.3 Å². The third-order valence-corrected chi connectivity index (χ3v) is 4.20. The molecule has 1 aliphatic carbocycles. The topological polar surface area (TPSA) is 29.1 Å². The van der Waals surface area contributed by atoms with Gasteiger partial charge in [-0.15, -0.1) is 11.3 Å². The predicted molar refractivity (Wildman–Crippen MR) is 63.5 cm³/mol. The summed E-state index contributed by atoms with van der Waals surface area (Å²) in [5.74, 6) is 1.19. The molecule has 1 amide bonds. The lowest BCUT2D eigenvalue weighted by Crippen LogP contribution is -2.20. The maximum Gasteiger partial charge on any atom is 0.220 e. The Kier molecular flexibility index (Phi) is 3.32. The fourth-order valence-corrected chi connectivity index (χ4v) is 3.08. The number of amides is 1. The van der Waals surface area contributed by atoms with Crippen LogP contribution in [-0.2, 0) is 4.79 Å². The fraction of sp³-hybridized carbons (Fsp3) is 0.545. The lowest BCUT2D eigenvalue weighted by atomic mass is 9.97. The smallest absolute Gasteiger partial charge is 0.220 e. The van der Waals surface area contributed by atoms with Crippen LogP contribution in [0, 0.1) is 5.92 Å². The molecule has 15 heavy (non-hydrogen) atoms. The number of hydrogen-bond acceptors (Lipinski definition) is 2. The summed E-state index contributed by atoms with van der Waals surface area (Å²) in [5.41, 5.74) is 0. The van der Waals surface area contributed by atoms with Crippen LogP contribution >= 0.6 is 22.9 Å². The Morgan fingerprint density at radius 3 is 2.87 bits per heavy atom. The first kappa shape index (κ1) is 11.0. The van der Waals surface area contributed by atoms with Gasteiger partial charge in [0.15, 0.2) is 0 Å². The summed E-state index contributed by atoms with van der Waals surface area (Å²) in [6.45, 7) is 0. The Labute approximate surface area is 98.6 Å². The summed E-state index contributed by atoms with van der Waals surface area (Å²) in [5, 5.41) is 2.69. The zero-order chi connectivity index (χ0) is 10.8. The molecule has 0 spiro atoms. The Morgan fingerprint density at radius 2 is 2.40 bits per heavy atom. The van der Waals surface area contributed by atoms with Crippen LogP contribution in [0.5, 0.6) is 0 Å². The molecule has 2 nitrogen and oxygen atoms in total. The van der Waals surface area contributed by atoms with Crippen LogP contribution in [0.2, 0.25) is 4.34 Å². The van der Waals surface area contributed by atoms with Gasteiger partial charge >= 0.3 is 0 Å². The van der Waals surface area contributed by atoms with Crippen molar-refractivity contribution in [2.45, 2.75) is 25.2 Å². The second-order valence-corrected chi connectivity index (χ2v) is 5.71. The van der Waals surface area contributed by atoms with E-state index in [-0.39, 0.29) is 5.91 Å². The number of rotatable bonds is 4. The van der Waals surface area contributed by atoms with Crippen molar-refractivity contribution in [3.05, 3.63) is 21.3 Å². The molecule has 1 heterocycles. The molecule has 1 atom stereocenters. The van der Waals surface area contributed by atoms with E-state index in [1.54, 1.807) is 18.4 Å². The minimum atomic E-state index is 0.122. The number of nitrogens with one attached hydrogen (secondary N) is 1. The highest BCUT2D eigenvalue weighted by molar-refractivity contribution is 7.16. The van der Waals surface area contributed by atoms with Gasteiger partial charge in [0.2, 0.25) is 5.91 Å². The highest BCUT2D eigenvalue weighted by Gasteiger charge is 2.34. The van der Waals surface area contributed by atoms with Crippen LogP contribution in [0.3, 0.4) is 0 Å². The second kappa shape index (κ2) is 4.54. The van der Waals surface area contributed by atoms with Crippen molar-refractivity contribution in [2.75, 3.05) is 7.05 Å². The van der Waals surface area contributed by atoms with E-state index in [2.05, 4.69) is 11.4 Å². The van der Waals surface area contributed by atoms with E-state index in [1.165, 1.54) is 17.7 Å². The minimum absolute atomic E-state index is 0.122. The van der Waals surface area contributed by atoms with E-state index in [0.717, 1.165) is 4.34 Å². The Hall–Kier alpha value is -0.540. The summed E-state index contributed by atoms with van der Waals surface area (Å²) in [7, 11) is 1.69. The number of carbonyl (C=O) groups is 1. The summed E-state index contributed by atoms with van der Waals surface area (Å²) < 4.78 is 0.813. The third-order valence-electron chi connectivity index (χ3n) is 2.83. The molecular formula is C11H14ClNOS.